The van der Waals surface area contributed by atoms with Crippen molar-refractivity contribution in [1.82, 2.24) is 0 Å². The Balaban J connectivity index is 1.45. The van der Waals surface area contributed by atoms with E-state index in [0.717, 1.165) is 12.8 Å². The summed E-state index contributed by atoms with van der Waals surface area (Å²) in [4.78, 5) is 0. The monoisotopic (exact) mass is 524 g/mol. The van der Waals surface area contributed by atoms with Crippen LogP contribution in [0.25, 0.3) is 34.4 Å². The zero-order chi connectivity index (χ0) is 27.3. The lowest BCUT2D eigenvalue weighted by Gasteiger charge is -2.33. The lowest BCUT2D eigenvalue weighted by molar-refractivity contribution is 1.15. The van der Waals surface area contributed by atoms with Gasteiger partial charge in [0.25, 0.3) is 0 Å². The van der Waals surface area contributed by atoms with E-state index in [2.05, 4.69) is 126 Å². The number of hydrogen-bond acceptors (Lipinski definition) is 0. The molecule has 0 bridgehead atoms. The number of benzene rings is 4. The summed E-state index contributed by atoms with van der Waals surface area (Å²) in [5, 5.41) is 3.46. The van der Waals surface area contributed by atoms with Gasteiger partial charge in [-0.25, -0.2) is 0 Å². The fourth-order valence-corrected chi connectivity index (χ4v) is 11.9. The average Bonchev–Trinajstić information content (AvgIpc) is 3.58. The third-order valence-corrected chi connectivity index (χ3v) is 15.1. The molecular formula is C38H40Si. The molecule has 0 amide bonds. The highest BCUT2D eigenvalue weighted by Gasteiger charge is 2.41. The molecule has 0 aromatic heterocycles. The van der Waals surface area contributed by atoms with Crippen molar-refractivity contribution in [3.8, 4) is 22.3 Å². The summed E-state index contributed by atoms with van der Waals surface area (Å²) in [6, 6.07) is 30.2. The van der Waals surface area contributed by atoms with Gasteiger partial charge in [-0.15, -0.1) is 0 Å². The summed E-state index contributed by atoms with van der Waals surface area (Å²) in [6.45, 7) is 13.8. The smallest absolute Gasteiger partial charge is 0.0709 e. The number of allylic oxidation sites excluding steroid dienone is 2. The Hall–Kier alpha value is -3.42. The molecule has 6 rings (SSSR count). The second kappa shape index (κ2) is 9.95. The summed E-state index contributed by atoms with van der Waals surface area (Å²) in [6.07, 6.45) is 7.47. The minimum Gasteiger partial charge on any atom is -0.0709 e. The summed E-state index contributed by atoms with van der Waals surface area (Å²) in [7, 11) is -1.85. The van der Waals surface area contributed by atoms with Gasteiger partial charge in [-0.3, -0.25) is 0 Å². The SMILES string of the molecule is CC[Si](CC)(C1=Cc2c(cccc2-c2cc(C)ccc2C)C1)C1=Cc2c(cccc2-c2cc(C)ccc2C)C1. The molecule has 0 unspecified atom stereocenters. The van der Waals surface area contributed by atoms with E-state index >= 15 is 0 Å². The lowest BCUT2D eigenvalue weighted by Crippen LogP contribution is -2.39. The third kappa shape index (κ3) is 4.28. The zero-order valence-corrected chi connectivity index (χ0v) is 25.4. The lowest BCUT2D eigenvalue weighted by atomic mass is 9.93. The van der Waals surface area contributed by atoms with Gasteiger partial charge >= 0.3 is 0 Å². The first-order chi connectivity index (χ1) is 18.8. The summed E-state index contributed by atoms with van der Waals surface area (Å²) in [5.74, 6) is 0. The van der Waals surface area contributed by atoms with Crippen molar-refractivity contribution in [2.24, 2.45) is 0 Å². The highest BCUT2D eigenvalue weighted by atomic mass is 28.3. The fourth-order valence-electron chi connectivity index (χ4n) is 7.24. The first-order valence-corrected chi connectivity index (χ1v) is 17.1. The first-order valence-electron chi connectivity index (χ1n) is 14.7. The Morgan fingerprint density at radius 2 is 0.974 bits per heavy atom. The van der Waals surface area contributed by atoms with E-state index in [0.29, 0.717) is 0 Å². The minimum absolute atomic E-state index is 1.11. The standard InChI is InChI=1S/C38H40Si/c1-7-39(8-2,31-21-29-11-9-13-33(37(29)23-31)35-19-25(3)15-17-27(35)5)32-22-30-12-10-14-34(38(30)24-32)36-20-26(4)16-18-28(36)6/h9-20,23-24H,7-8,21-22H2,1-6H3. The molecule has 0 heterocycles. The topological polar surface area (TPSA) is 0 Å². The van der Waals surface area contributed by atoms with Crippen molar-refractivity contribution >= 4 is 20.2 Å². The van der Waals surface area contributed by atoms with Crippen LogP contribution in [0.4, 0.5) is 0 Å². The predicted molar refractivity (Wildman–Crippen MR) is 173 cm³/mol. The maximum absolute atomic E-state index is 2.63. The van der Waals surface area contributed by atoms with Crippen LogP contribution in [0.2, 0.25) is 12.1 Å². The Bertz CT molecular complexity index is 1540. The maximum atomic E-state index is 2.63. The van der Waals surface area contributed by atoms with Crippen LogP contribution >= 0.6 is 0 Å². The molecule has 39 heavy (non-hydrogen) atoms. The summed E-state index contributed by atoms with van der Waals surface area (Å²) in [5.41, 5.74) is 16.9. The molecule has 0 fully saturated rings. The van der Waals surface area contributed by atoms with E-state index < -0.39 is 8.07 Å². The Morgan fingerprint density at radius 1 is 0.538 bits per heavy atom. The van der Waals surface area contributed by atoms with Crippen molar-refractivity contribution in [2.75, 3.05) is 0 Å². The normalized spacial score (nSPS) is 14.2. The second-order valence-corrected chi connectivity index (χ2v) is 16.7. The first kappa shape index (κ1) is 25.8. The van der Waals surface area contributed by atoms with Gasteiger partial charge in [0, 0.05) is 0 Å². The molecule has 4 aromatic rings. The van der Waals surface area contributed by atoms with E-state index in [9.17, 15) is 0 Å². The van der Waals surface area contributed by atoms with Crippen molar-refractivity contribution in [3.63, 3.8) is 0 Å². The van der Waals surface area contributed by atoms with Crippen LogP contribution in [0.5, 0.6) is 0 Å². The van der Waals surface area contributed by atoms with Crippen LogP contribution in [-0.4, -0.2) is 8.07 Å². The van der Waals surface area contributed by atoms with Crippen molar-refractivity contribution in [1.29, 1.82) is 0 Å². The van der Waals surface area contributed by atoms with E-state index in [-0.39, 0.29) is 0 Å². The van der Waals surface area contributed by atoms with Gasteiger partial charge in [0.1, 0.15) is 8.07 Å². The van der Waals surface area contributed by atoms with Crippen LogP contribution in [0.3, 0.4) is 0 Å². The molecule has 0 N–H and O–H groups in total. The summed E-state index contributed by atoms with van der Waals surface area (Å²) >= 11 is 0. The van der Waals surface area contributed by atoms with Crippen molar-refractivity contribution < 1.29 is 0 Å². The third-order valence-electron chi connectivity index (χ3n) is 9.59. The van der Waals surface area contributed by atoms with Gasteiger partial charge in [0.05, 0.1) is 0 Å². The van der Waals surface area contributed by atoms with Crippen molar-refractivity contribution in [2.45, 2.75) is 66.5 Å². The number of rotatable bonds is 6. The molecule has 196 valence electrons. The van der Waals surface area contributed by atoms with Gasteiger partial charge in [0.15, 0.2) is 0 Å². The Kier molecular flexibility index (Phi) is 6.59. The quantitative estimate of drug-likeness (QED) is 0.220. The van der Waals surface area contributed by atoms with Gasteiger partial charge in [0.2, 0.25) is 0 Å². The molecule has 0 spiro atoms. The number of aryl methyl sites for hydroxylation is 4. The van der Waals surface area contributed by atoms with E-state index in [1.54, 1.807) is 10.4 Å². The molecule has 0 nitrogen and oxygen atoms in total. The molecule has 2 aliphatic carbocycles. The molecule has 0 aliphatic heterocycles. The molecule has 0 radical (unpaired) electrons. The molecule has 0 atom stereocenters. The minimum atomic E-state index is -1.85. The molecular weight excluding hydrogens is 485 g/mol. The second-order valence-electron chi connectivity index (χ2n) is 11.9. The zero-order valence-electron chi connectivity index (χ0n) is 24.4. The molecule has 0 saturated heterocycles. The Labute approximate surface area is 236 Å². The van der Waals surface area contributed by atoms with E-state index in [4.69, 9.17) is 0 Å². The van der Waals surface area contributed by atoms with Gasteiger partial charge < -0.3 is 0 Å². The molecule has 2 aliphatic rings. The number of hydrogen-bond donors (Lipinski definition) is 0. The largest absolute Gasteiger partial charge is 0.109 e. The van der Waals surface area contributed by atoms with Crippen LogP contribution in [0, 0.1) is 27.7 Å². The average molecular weight is 525 g/mol. The highest BCUT2D eigenvalue weighted by molar-refractivity contribution is 6.94. The van der Waals surface area contributed by atoms with Gasteiger partial charge in [-0.2, -0.15) is 0 Å². The van der Waals surface area contributed by atoms with Gasteiger partial charge in [-0.1, -0.05) is 132 Å². The molecule has 1 heteroatoms. The van der Waals surface area contributed by atoms with Crippen LogP contribution in [-0.2, 0) is 12.8 Å². The summed E-state index contributed by atoms with van der Waals surface area (Å²) < 4.78 is 0. The molecule has 0 saturated carbocycles. The number of fused-ring (bicyclic) bond motifs is 2. The van der Waals surface area contributed by atoms with E-state index in [1.807, 2.05) is 0 Å². The van der Waals surface area contributed by atoms with Crippen LogP contribution < -0.4 is 0 Å². The van der Waals surface area contributed by atoms with E-state index in [1.165, 1.54) is 78.8 Å². The van der Waals surface area contributed by atoms with Gasteiger partial charge in [-0.05, 0) is 96.2 Å². The predicted octanol–water partition coefficient (Wildman–Crippen LogP) is 10.4. The highest BCUT2D eigenvalue weighted by Crippen LogP contribution is 2.47. The van der Waals surface area contributed by atoms with Crippen LogP contribution in [0.1, 0.15) is 58.4 Å². The maximum Gasteiger partial charge on any atom is 0.109 e. The van der Waals surface area contributed by atoms with Crippen molar-refractivity contribution in [3.05, 3.63) is 128 Å². The van der Waals surface area contributed by atoms with Crippen LogP contribution in [0.15, 0.2) is 83.2 Å². The Morgan fingerprint density at radius 3 is 1.38 bits per heavy atom. The molecule has 4 aromatic carbocycles. The fraction of sp³-hybridized carbons (Fsp3) is 0.263.